The molecule has 576 valence electrons. The summed E-state index contributed by atoms with van der Waals surface area (Å²) < 4.78 is 33.3. The largest absolute Gasteiger partial charge is 0.472 e. The average Bonchev–Trinajstić information content (AvgIpc) is 1.19. The second-order valence-corrected chi connectivity index (χ2v) is 30.1. The third-order valence-corrected chi connectivity index (χ3v) is 20.0. The Bertz CT molecular complexity index is 1950. The topological polar surface area (TPSA) is 134 Å². The Morgan fingerprint density at radius 1 is 0.313 bits per heavy atom. The van der Waals surface area contributed by atoms with Gasteiger partial charge in [-0.15, -0.1) is 0 Å². The van der Waals surface area contributed by atoms with Gasteiger partial charge in [-0.3, -0.25) is 18.6 Å². The predicted molar refractivity (Wildman–Crippen MR) is 432 cm³/mol. The highest BCUT2D eigenvalue weighted by atomic mass is 31.2. The summed E-state index contributed by atoms with van der Waals surface area (Å²) in [5, 5.41) is 0. The highest BCUT2D eigenvalue weighted by Crippen LogP contribution is 2.43. The molecule has 0 spiro atoms. The van der Waals surface area contributed by atoms with Crippen molar-refractivity contribution in [1.82, 2.24) is 0 Å². The molecule has 0 aromatic heterocycles. The number of allylic oxidation sites excluding steroid dienone is 16. The number of ether oxygens (including phenoxy) is 2. The first kappa shape index (κ1) is 95.9. The number of esters is 2. The van der Waals surface area contributed by atoms with E-state index in [1.165, 1.54) is 302 Å². The summed E-state index contributed by atoms with van der Waals surface area (Å²) in [5.74, 6) is -0.808. The van der Waals surface area contributed by atoms with Crippen LogP contribution in [0.4, 0.5) is 0 Å². The third-order valence-electron chi connectivity index (χ3n) is 19.0. The highest BCUT2D eigenvalue weighted by molar-refractivity contribution is 7.47. The lowest BCUT2D eigenvalue weighted by Gasteiger charge is -2.19. The molecule has 9 nitrogen and oxygen atoms in total. The number of phosphoric ester groups is 1. The average molecular weight is 1410 g/mol. The van der Waals surface area contributed by atoms with Crippen LogP contribution in [0.5, 0.6) is 0 Å². The summed E-state index contributed by atoms with van der Waals surface area (Å²) in [4.78, 5) is 35.5. The van der Waals surface area contributed by atoms with E-state index in [4.69, 9.17) is 24.3 Å². The molecule has 0 rings (SSSR count). The lowest BCUT2D eigenvalue weighted by atomic mass is 10.0. The zero-order chi connectivity index (χ0) is 71.5. The Morgan fingerprint density at radius 3 is 0.828 bits per heavy atom. The molecule has 2 unspecified atom stereocenters. The van der Waals surface area contributed by atoms with E-state index in [1.54, 1.807) is 0 Å². The zero-order valence-corrected chi connectivity index (χ0v) is 66.1. The van der Waals surface area contributed by atoms with E-state index >= 15 is 0 Å². The smallest absolute Gasteiger partial charge is 0.462 e. The zero-order valence-electron chi connectivity index (χ0n) is 65.2. The van der Waals surface area contributed by atoms with Crippen LogP contribution >= 0.6 is 7.82 Å². The predicted octanol–water partition coefficient (Wildman–Crippen LogP) is 29.0. The molecule has 0 heterocycles. The number of rotatable bonds is 81. The molecule has 99 heavy (non-hydrogen) atoms. The minimum absolute atomic E-state index is 0.0533. The normalized spacial score (nSPS) is 13.3. The maximum absolute atomic E-state index is 12.8. The van der Waals surface area contributed by atoms with E-state index in [9.17, 15) is 19.0 Å². The maximum atomic E-state index is 12.8. The molecule has 0 radical (unpaired) electrons. The summed E-state index contributed by atoms with van der Waals surface area (Å²) in [6.07, 6.45) is 116. The Morgan fingerprint density at radius 2 is 0.556 bits per heavy atom. The van der Waals surface area contributed by atoms with Gasteiger partial charge in [0.15, 0.2) is 6.10 Å². The Hall–Kier alpha value is -3.07. The van der Waals surface area contributed by atoms with Crippen molar-refractivity contribution in [1.29, 1.82) is 0 Å². The van der Waals surface area contributed by atoms with Crippen molar-refractivity contribution >= 4 is 19.8 Å². The van der Waals surface area contributed by atoms with Gasteiger partial charge < -0.3 is 20.1 Å². The minimum Gasteiger partial charge on any atom is -0.462 e. The van der Waals surface area contributed by atoms with Crippen molar-refractivity contribution in [2.75, 3.05) is 26.4 Å². The number of phosphoric acid groups is 1. The van der Waals surface area contributed by atoms with Crippen LogP contribution in [0, 0.1) is 0 Å². The second kappa shape index (κ2) is 83.9. The first-order valence-corrected chi connectivity index (χ1v) is 44.2. The van der Waals surface area contributed by atoms with Crippen LogP contribution in [0.25, 0.3) is 0 Å². The summed E-state index contributed by atoms with van der Waals surface area (Å²) in [6, 6.07) is 0. The summed E-state index contributed by atoms with van der Waals surface area (Å²) in [5.41, 5.74) is 5.42. The lowest BCUT2D eigenvalue weighted by molar-refractivity contribution is -0.161. The fourth-order valence-corrected chi connectivity index (χ4v) is 13.5. The molecule has 0 aliphatic carbocycles. The van der Waals surface area contributed by atoms with Gasteiger partial charge >= 0.3 is 19.8 Å². The van der Waals surface area contributed by atoms with Crippen LogP contribution in [0.2, 0.25) is 0 Å². The fourth-order valence-electron chi connectivity index (χ4n) is 12.7. The second-order valence-electron chi connectivity index (χ2n) is 28.7. The molecule has 0 aromatic rings. The SMILES string of the molecule is CC/C=C\C/C=C\C/C=C\C/C=C\C/C=C\C/C=C\C/C=C\C/C=C\CCCCCCCCCCCCCCCCCCC(=O)OC(COC(=O)CCCCCCCCCCCCCCCCCCCCCCCCCCCCCCCCCCCCCCC)COP(=O)(O)OCCN. The first-order chi connectivity index (χ1) is 48.8. The summed E-state index contributed by atoms with van der Waals surface area (Å²) >= 11 is 0. The van der Waals surface area contributed by atoms with Crippen LogP contribution in [0.1, 0.15) is 425 Å². The van der Waals surface area contributed by atoms with E-state index in [1.807, 2.05) is 0 Å². The molecule has 0 aliphatic heterocycles. The number of nitrogens with two attached hydrogens (primary N) is 1. The molecule has 10 heteroatoms. The molecule has 3 N–H and O–H groups in total. The van der Waals surface area contributed by atoms with Crippen molar-refractivity contribution in [3.63, 3.8) is 0 Å². The van der Waals surface area contributed by atoms with E-state index in [0.717, 1.165) is 89.9 Å². The third kappa shape index (κ3) is 83.8. The van der Waals surface area contributed by atoms with Crippen LogP contribution < -0.4 is 5.73 Å². The van der Waals surface area contributed by atoms with Crippen molar-refractivity contribution in [3.8, 4) is 0 Å². The Balaban J connectivity index is 3.77. The number of carbonyl (C=O) groups excluding carboxylic acids is 2. The Kier molecular flexibility index (Phi) is 81.3. The number of unbranched alkanes of at least 4 members (excludes halogenated alkanes) is 52. The monoisotopic (exact) mass is 1400 g/mol. The van der Waals surface area contributed by atoms with E-state index < -0.39 is 26.5 Å². The molecule has 0 fully saturated rings. The first-order valence-electron chi connectivity index (χ1n) is 42.7. The standard InChI is InChI=1S/C89H162NO8P/c1-3-5-7-9-11-13-15-17-19-21-23-25-27-29-31-33-35-37-39-41-42-43-44-46-48-50-52-54-56-58-60-62-64-66-68-70-72-74-76-78-80-82-89(92)98-87(86-97-99(93,94)96-84-83-90)85-95-88(91)81-79-77-75-73-71-69-67-65-63-61-59-57-55-53-51-49-47-45-40-38-36-34-32-30-28-26-24-22-20-18-16-14-12-10-8-6-4-2/h5,7,11,13,17,19,23,25,29,31,35,37,41-42,44,46,87H,3-4,6,8-10,12,14-16,18,20-22,24,26-28,30,32-34,36,38-40,43,45,47-86,90H2,1-2H3,(H,93,94)/b7-5-,13-11-,19-17-,25-23-,31-29-,37-35-,42-41-,46-44-. The van der Waals surface area contributed by atoms with Gasteiger partial charge in [0.1, 0.15) is 6.61 Å². The molecule has 0 amide bonds. The van der Waals surface area contributed by atoms with Gasteiger partial charge in [-0.1, -0.05) is 432 Å². The maximum Gasteiger partial charge on any atom is 0.472 e. The quantitative estimate of drug-likeness (QED) is 0.0264. The molecule has 0 saturated heterocycles. The van der Waals surface area contributed by atoms with E-state index in [0.29, 0.717) is 6.42 Å². The molecule has 0 aromatic carbocycles. The van der Waals surface area contributed by atoms with Gasteiger partial charge in [-0.2, -0.15) is 0 Å². The molecule has 2 atom stereocenters. The van der Waals surface area contributed by atoms with Gasteiger partial charge in [-0.05, 0) is 77.0 Å². The van der Waals surface area contributed by atoms with Crippen LogP contribution in [0.3, 0.4) is 0 Å². The van der Waals surface area contributed by atoms with Crippen LogP contribution in [0.15, 0.2) is 97.2 Å². The molecular weight excluding hydrogens is 1240 g/mol. The highest BCUT2D eigenvalue weighted by Gasteiger charge is 2.26. The van der Waals surface area contributed by atoms with Gasteiger partial charge in [0.2, 0.25) is 0 Å². The van der Waals surface area contributed by atoms with Crippen molar-refractivity contribution in [3.05, 3.63) is 97.2 Å². The molecular formula is C89H162NO8P. The van der Waals surface area contributed by atoms with Crippen molar-refractivity contribution < 1.29 is 37.6 Å². The van der Waals surface area contributed by atoms with E-state index in [2.05, 4.69) is 111 Å². The number of hydrogen-bond donors (Lipinski definition) is 2. The van der Waals surface area contributed by atoms with Crippen molar-refractivity contribution in [2.45, 2.75) is 431 Å². The molecule has 0 bridgehead atoms. The number of carbonyl (C=O) groups is 2. The van der Waals surface area contributed by atoms with Crippen LogP contribution in [-0.2, 0) is 32.7 Å². The molecule has 0 aliphatic rings. The van der Waals surface area contributed by atoms with Crippen LogP contribution in [-0.4, -0.2) is 49.3 Å². The van der Waals surface area contributed by atoms with Gasteiger partial charge in [0, 0.05) is 19.4 Å². The van der Waals surface area contributed by atoms with Gasteiger partial charge in [0.25, 0.3) is 0 Å². The van der Waals surface area contributed by atoms with Crippen molar-refractivity contribution in [2.24, 2.45) is 5.73 Å². The molecule has 0 saturated carbocycles. The van der Waals surface area contributed by atoms with Gasteiger partial charge in [-0.25, -0.2) is 4.57 Å². The minimum atomic E-state index is -4.40. The summed E-state index contributed by atoms with van der Waals surface area (Å²) in [7, 11) is -4.40. The Labute approximate surface area is 614 Å². The fraction of sp³-hybridized carbons (Fsp3) is 0.798. The number of hydrogen-bond acceptors (Lipinski definition) is 8. The lowest BCUT2D eigenvalue weighted by Crippen LogP contribution is -2.29. The summed E-state index contributed by atoms with van der Waals surface area (Å²) in [6.45, 7) is 3.70. The van der Waals surface area contributed by atoms with E-state index in [-0.39, 0.29) is 38.6 Å². The van der Waals surface area contributed by atoms with Gasteiger partial charge in [0.05, 0.1) is 13.2 Å².